The van der Waals surface area contributed by atoms with Gasteiger partial charge in [0, 0.05) is 0 Å². The van der Waals surface area contributed by atoms with Crippen LogP contribution < -0.4 is 5.73 Å². The van der Waals surface area contributed by atoms with Crippen LogP contribution in [0.15, 0.2) is 0 Å². The standard InChI is InChI=1S/C10H19NO3/c1-3-13-10(12)9(11)6-8-5-4-7(2)14-8/h7-9H,3-6,11H2,1-2H3. The van der Waals surface area contributed by atoms with E-state index in [1.54, 1.807) is 6.92 Å². The Morgan fingerprint density at radius 3 is 2.86 bits per heavy atom. The van der Waals surface area contributed by atoms with Gasteiger partial charge in [-0.1, -0.05) is 0 Å². The Balaban J connectivity index is 2.26. The maximum atomic E-state index is 11.2. The summed E-state index contributed by atoms with van der Waals surface area (Å²) in [4.78, 5) is 11.2. The van der Waals surface area contributed by atoms with E-state index in [4.69, 9.17) is 15.2 Å². The fourth-order valence-corrected chi connectivity index (χ4v) is 1.69. The van der Waals surface area contributed by atoms with Crippen molar-refractivity contribution < 1.29 is 14.3 Å². The quantitative estimate of drug-likeness (QED) is 0.684. The Morgan fingerprint density at radius 1 is 1.64 bits per heavy atom. The molecule has 0 radical (unpaired) electrons. The number of carbonyl (C=O) groups excluding carboxylic acids is 1. The van der Waals surface area contributed by atoms with Gasteiger partial charge in [-0.25, -0.2) is 0 Å². The molecule has 14 heavy (non-hydrogen) atoms. The topological polar surface area (TPSA) is 61.5 Å². The number of ether oxygens (including phenoxy) is 2. The summed E-state index contributed by atoms with van der Waals surface area (Å²) < 4.78 is 10.4. The molecule has 0 saturated carbocycles. The molecule has 3 atom stereocenters. The van der Waals surface area contributed by atoms with Gasteiger partial charge >= 0.3 is 5.97 Å². The highest BCUT2D eigenvalue weighted by molar-refractivity contribution is 5.75. The molecule has 1 heterocycles. The molecule has 3 unspecified atom stereocenters. The highest BCUT2D eigenvalue weighted by Gasteiger charge is 2.26. The Bertz CT molecular complexity index is 196. The number of esters is 1. The molecule has 0 bridgehead atoms. The molecule has 0 amide bonds. The first-order valence-corrected chi connectivity index (χ1v) is 5.21. The molecule has 1 aliphatic heterocycles. The third-order valence-electron chi connectivity index (χ3n) is 2.43. The van der Waals surface area contributed by atoms with E-state index in [0.717, 1.165) is 12.8 Å². The van der Waals surface area contributed by atoms with E-state index in [1.807, 2.05) is 6.92 Å². The van der Waals surface area contributed by atoms with Gasteiger partial charge in [-0.05, 0) is 33.1 Å². The van der Waals surface area contributed by atoms with E-state index in [2.05, 4.69) is 0 Å². The van der Waals surface area contributed by atoms with Crippen LogP contribution in [0.5, 0.6) is 0 Å². The van der Waals surface area contributed by atoms with E-state index in [9.17, 15) is 4.79 Å². The molecule has 1 rings (SSSR count). The molecule has 0 aromatic carbocycles. The van der Waals surface area contributed by atoms with Crippen LogP contribution in [-0.4, -0.2) is 30.8 Å². The van der Waals surface area contributed by atoms with Crippen molar-refractivity contribution in [2.75, 3.05) is 6.61 Å². The predicted octanol–water partition coefficient (Wildman–Crippen LogP) is 0.834. The fraction of sp³-hybridized carbons (Fsp3) is 0.900. The van der Waals surface area contributed by atoms with Gasteiger partial charge in [0.15, 0.2) is 0 Å². The van der Waals surface area contributed by atoms with Crippen molar-refractivity contribution in [2.45, 2.75) is 51.4 Å². The van der Waals surface area contributed by atoms with Gasteiger partial charge in [-0.15, -0.1) is 0 Å². The first-order chi connectivity index (χ1) is 6.63. The lowest BCUT2D eigenvalue weighted by Crippen LogP contribution is -2.35. The average molecular weight is 201 g/mol. The van der Waals surface area contributed by atoms with Crippen LogP contribution >= 0.6 is 0 Å². The van der Waals surface area contributed by atoms with Crippen LogP contribution in [-0.2, 0) is 14.3 Å². The molecule has 4 heteroatoms. The molecule has 0 aromatic heterocycles. The first kappa shape index (κ1) is 11.5. The Kier molecular flexibility index (Phi) is 4.35. The summed E-state index contributed by atoms with van der Waals surface area (Å²) in [5.41, 5.74) is 5.67. The van der Waals surface area contributed by atoms with Crippen molar-refractivity contribution in [2.24, 2.45) is 5.73 Å². The molecule has 1 saturated heterocycles. The number of carbonyl (C=O) groups is 1. The van der Waals surface area contributed by atoms with Crippen LogP contribution in [0.1, 0.15) is 33.1 Å². The Labute approximate surface area is 84.7 Å². The lowest BCUT2D eigenvalue weighted by atomic mass is 10.1. The second-order valence-corrected chi connectivity index (χ2v) is 3.74. The van der Waals surface area contributed by atoms with E-state index in [0.29, 0.717) is 19.1 Å². The van der Waals surface area contributed by atoms with Crippen LogP contribution in [0, 0.1) is 0 Å². The van der Waals surface area contributed by atoms with Crippen LogP contribution in [0.4, 0.5) is 0 Å². The van der Waals surface area contributed by atoms with E-state index >= 15 is 0 Å². The minimum atomic E-state index is -0.537. The molecule has 82 valence electrons. The second kappa shape index (κ2) is 5.32. The summed E-state index contributed by atoms with van der Waals surface area (Å²) in [6.45, 7) is 4.20. The molecule has 1 aliphatic rings. The Hall–Kier alpha value is -0.610. The summed E-state index contributed by atoms with van der Waals surface area (Å²) in [5.74, 6) is -0.323. The highest BCUT2D eigenvalue weighted by Crippen LogP contribution is 2.22. The largest absolute Gasteiger partial charge is 0.465 e. The molecular weight excluding hydrogens is 182 g/mol. The number of nitrogens with two attached hydrogens (primary N) is 1. The number of hydrogen-bond acceptors (Lipinski definition) is 4. The zero-order valence-electron chi connectivity index (χ0n) is 8.86. The first-order valence-electron chi connectivity index (χ1n) is 5.21. The van der Waals surface area contributed by atoms with Gasteiger partial charge in [-0.3, -0.25) is 4.79 Å². The number of hydrogen-bond donors (Lipinski definition) is 1. The monoisotopic (exact) mass is 201 g/mol. The smallest absolute Gasteiger partial charge is 0.322 e. The average Bonchev–Trinajstić information content (AvgIpc) is 2.51. The zero-order chi connectivity index (χ0) is 10.6. The maximum absolute atomic E-state index is 11.2. The van der Waals surface area contributed by atoms with Crippen LogP contribution in [0.25, 0.3) is 0 Å². The molecule has 1 fully saturated rings. The minimum Gasteiger partial charge on any atom is -0.465 e. The molecule has 4 nitrogen and oxygen atoms in total. The Morgan fingerprint density at radius 2 is 2.36 bits per heavy atom. The maximum Gasteiger partial charge on any atom is 0.322 e. The van der Waals surface area contributed by atoms with Crippen molar-refractivity contribution in [3.63, 3.8) is 0 Å². The summed E-state index contributed by atoms with van der Waals surface area (Å²) in [5, 5.41) is 0. The minimum absolute atomic E-state index is 0.129. The van der Waals surface area contributed by atoms with Gasteiger partial charge < -0.3 is 15.2 Å². The highest BCUT2D eigenvalue weighted by atomic mass is 16.5. The lowest BCUT2D eigenvalue weighted by molar-refractivity contribution is -0.145. The van der Waals surface area contributed by atoms with Crippen LogP contribution in [0.3, 0.4) is 0 Å². The van der Waals surface area contributed by atoms with E-state index in [1.165, 1.54) is 0 Å². The predicted molar refractivity (Wildman–Crippen MR) is 52.8 cm³/mol. The van der Waals surface area contributed by atoms with Gasteiger partial charge in [0.25, 0.3) is 0 Å². The molecule has 0 aliphatic carbocycles. The normalized spacial score (nSPS) is 28.8. The van der Waals surface area contributed by atoms with E-state index in [-0.39, 0.29) is 12.1 Å². The summed E-state index contributed by atoms with van der Waals surface area (Å²) in [6, 6.07) is -0.537. The molecular formula is C10H19NO3. The summed E-state index contributed by atoms with van der Waals surface area (Å²) in [7, 11) is 0. The van der Waals surface area contributed by atoms with Crippen LogP contribution in [0.2, 0.25) is 0 Å². The van der Waals surface area contributed by atoms with Crippen molar-refractivity contribution >= 4 is 5.97 Å². The SMILES string of the molecule is CCOC(=O)C(N)CC1CCC(C)O1. The molecule has 2 N–H and O–H groups in total. The van der Waals surface area contributed by atoms with Gasteiger partial charge in [0.05, 0.1) is 18.8 Å². The van der Waals surface area contributed by atoms with Crippen molar-refractivity contribution in [3.8, 4) is 0 Å². The third kappa shape index (κ3) is 3.27. The second-order valence-electron chi connectivity index (χ2n) is 3.74. The summed E-state index contributed by atoms with van der Waals surface area (Å²) in [6.07, 6.45) is 3.05. The van der Waals surface area contributed by atoms with Crippen molar-refractivity contribution in [1.82, 2.24) is 0 Å². The lowest BCUT2D eigenvalue weighted by Gasteiger charge is -2.15. The fourth-order valence-electron chi connectivity index (χ4n) is 1.69. The number of rotatable bonds is 4. The van der Waals surface area contributed by atoms with Gasteiger partial charge in [0.1, 0.15) is 6.04 Å². The van der Waals surface area contributed by atoms with Gasteiger partial charge in [-0.2, -0.15) is 0 Å². The van der Waals surface area contributed by atoms with Crippen molar-refractivity contribution in [1.29, 1.82) is 0 Å². The van der Waals surface area contributed by atoms with Crippen molar-refractivity contribution in [3.05, 3.63) is 0 Å². The zero-order valence-corrected chi connectivity index (χ0v) is 8.86. The van der Waals surface area contributed by atoms with Gasteiger partial charge in [0.2, 0.25) is 0 Å². The molecule has 0 spiro atoms. The summed E-state index contributed by atoms with van der Waals surface area (Å²) >= 11 is 0. The van der Waals surface area contributed by atoms with E-state index < -0.39 is 6.04 Å². The molecule has 0 aromatic rings. The third-order valence-corrected chi connectivity index (χ3v) is 2.43.